The van der Waals surface area contributed by atoms with E-state index in [1.165, 1.54) is 11.0 Å². The number of anilines is 1. The molecule has 1 aromatic heterocycles. The fourth-order valence-corrected chi connectivity index (χ4v) is 3.79. The molecule has 0 fully saturated rings. The van der Waals surface area contributed by atoms with Gasteiger partial charge in [-0.2, -0.15) is 0 Å². The van der Waals surface area contributed by atoms with Gasteiger partial charge in [0.1, 0.15) is 10.7 Å². The summed E-state index contributed by atoms with van der Waals surface area (Å²) in [5.41, 5.74) is 1.72. The third-order valence-electron chi connectivity index (χ3n) is 4.26. The normalized spacial score (nSPS) is 10.6. The Morgan fingerprint density at radius 3 is 2.48 bits per heavy atom. The number of ether oxygens (including phenoxy) is 1. The zero-order chi connectivity index (χ0) is 20.8. The molecule has 0 aliphatic heterocycles. The Hall–Kier alpha value is -3.06. The molecule has 29 heavy (non-hydrogen) atoms. The van der Waals surface area contributed by atoms with Crippen LogP contribution in [0.5, 0.6) is 0 Å². The van der Waals surface area contributed by atoms with Crippen LogP contribution in [0.3, 0.4) is 0 Å². The number of carbonyl (C=O) groups excluding carboxylic acids is 2. The number of hydrogen-bond donors (Lipinski definition) is 0. The summed E-state index contributed by atoms with van der Waals surface area (Å²) < 4.78 is 19.1. The number of halogens is 1. The average Bonchev–Trinajstić information content (AvgIpc) is 3.10. The van der Waals surface area contributed by atoms with Crippen molar-refractivity contribution in [3.05, 3.63) is 82.1 Å². The van der Waals surface area contributed by atoms with Crippen LogP contribution in [0, 0.1) is 12.7 Å². The number of aryl methyl sites for hydroxylation is 1. The molecular weight excluding hydrogens is 391 g/mol. The lowest BCUT2D eigenvalue weighted by molar-refractivity contribution is -0.118. The van der Waals surface area contributed by atoms with Gasteiger partial charge in [-0.3, -0.25) is 9.69 Å². The Bertz CT molecular complexity index is 1000. The van der Waals surface area contributed by atoms with Gasteiger partial charge in [0.15, 0.2) is 5.13 Å². The van der Waals surface area contributed by atoms with Crippen molar-refractivity contribution in [3.63, 3.8) is 0 Å². The van der Waals surface area contributed by atoms with E-state index in [-0.39, 0.29) is 25.5 Å². The van der Waals surface area contributed by atoms with E-state index in [0.717, 1.165) is 16.9 Å². The van der Waals surface area contributed by atoms with Crippen molar-refractivity contribution >= 4 is 28.3 Å². The smallest absolute Gasteiger partial charge is 0.350 e. The SMILES string of the molecule is CCOC(=O)c1sc(N(Cc2ccccc2)C(=O)Cc2ccccc2F)nc1C. The highest BCUT2D eigenvalue weighted by Gasteiger charge is 2.24. The predicted molar refractivity (Wildman–Crippen MR) is 111 cm³/mol. The van der Waals surface area contributed by atoms with Crippen LogP contribution in [-0.4, -0.2) is 23.5 Å². The highest BCUT2D eigenvalue weighted by molar-refractivity contribution is 7.17. The summed E-state index contributed by atoms with van der Waals surface area (Å²) in [4.78, 5) is 31.5. The molecule has 0 unspecified atom stereocenters. The Morgan fingerprint density at radius 1 is 1.10 bits per heavy atom. The van der Waals surface area contributed by atoms with Crippen molar-refractivity contribution in [2.75, 3.05) is 11.5 Å². The van der Waals surface area contributed by atoms with Crippen LogP contribution in [0.2, 0.25) is 0 Å². The van der Waals surface area contributed by atoms with Gasteiger partial charge in [0.05, 0.1) is 25.3 Å². The Labute approximate surface area is 172 Å². The summed E-state index contributed by atoms with van der Waals surface area (Å²) in [5, 5.41) is 0.385. The lowest BCUT2D eigenvalue weighted by Gasteiger charge is -2.20. The molecule has 0 saturated heterocycles. The van der Waals surface area contributed by atoms with Crippen LogP contribution >= 0.6 is 11.3 Å². The summed E-state index contributed by atoms with van der Waals surface area (Å²) in [6.45, 7) is 3.96. The highest BCUT2D eigenvalue weighted by Crippen LogP contribution is 2.29. The molecular formula is C22H21FN2O3S. The van der Waals surface area contributed by atoms with Crippen molar-refractivity contribution in [2.24, 2.45) is 0 Å². The first-order chi connectivity index (χ1) is 14.0. The van der Waals surface area contributed by atoms with Gasteiger partial charge < -0.3 is 4.74 Å². The molecule has 1 amide bonds. The maximum Gasteiger partial charge on any atom is 0.350 e. The number of esters is 1. The van der Waals surface area contributed by atoms with E-state index in [1.54, 1.807) is 32.0 Å². The molecule has 0 N–H and O–H groups in total. The summed E-state index contributed by atoms with van der Waals surface area (Å²) in [5.74, 6) is -1.19. The van der Waals surface area contributed by atoms with Gasteiger partial charge in [0.25, 0.3) is 0 Å². The third-order valence-corrected chi connectivity index (χ3v) is 5.42. The first kappa shape index (κ1) is 20.7. The number of benzene rings is 2. The van der Waals surface area contributed by atoms with E-state index >= 15 is 0 Å². The maximum absolute atomic E-state index is 14.1. The summed E-state index contributed by atoms with van der Waals surface area (Å²) in [6, 6.07) is 15.6. The van der Waals surface area contributed by atoms with Gasteiger partial charge in [0, 0.05) is 0 Å². The fraction of sp³-hybridized carbons (Fsp3) is 0.227. The molecule has 0 saturated carbocycles. The second-order valence-electron chi connectivity index (χ2n) is 6.37. The zero-order valence-electron chi connectivity index (χ0n) is 16.2. The van der Waals surface area contributed by atoms with Gasteiger partial charge in [-0.1, -0.05) is 59.9 Å². The minimum absolute atomic E-state index is 0.104. The van der Waals surface area contributed by atoms with Crippen LogP contribution in [-0.2, 0) is 22.5 Å². The average molecular weight is 412 g/mol. The lowest BCUT2D eigenvalue weighted by Crippen LogP contribution is -2.32. The predicted octanol–water partition coefficient (Wildman–Crippen LogP) is 4.54. The highest BCUT2D eigenvalue weighted by atomic mass is 32.1. The van der Waals surface area contributed by atoms with Gasteiger partial charge in [-0.15, -0.1) is 0 Å². The standard InChI is InChI=1S/C22H21FN2O3S/c1-3-28-21(27)20-15(2)24-22(29-20)25(14-16-9-5-4-6-10-16)19(26)13-17-11-7-8-12-18(17)23/h4-12H,3,13-14H2,1-2H3. The number of hydrogen-bond acceptors (Lipinski definition) is 5. The van der Waals surface area contributed by atoms with E-state index < -0.39 is 11.8 Å². The van der Waals surface area contributed by atoms with E-state index in [0.29, 0.717) is 21.3 Å². The van der Waals surface area contributed by atoms with E-state index in [1.807, 2.05) is 30.3 Å². The van der Waals surface area contributed by atoms with E-state index in [4.69, 9.17) is 4.74 Å². The molecule has 0 radical (unpaired) electrons. The third kappa shape index (κ3) is 5.06. The molecule has 5 nitrogen and oxygen atoms in total. The number of amides is 1. The summed E-state index contributed by atoms with van der Waals surface area (Å²) in [6.07, 6.45) is -0.104. The maximum atomic E-state index is 14.1. The Morgan fingerprint density at radius 2 is 1.79 bits per heavy atom. The van der Waals surface area contributed by atoms with E-state index in [9.17, 15) is 14.0 Å². The Kier molecular flexibility index (Phi) is 6.72. The quantitative estimate of drug-likeness (QED) is 0.535. The number of thiazole rings is 1. The largest absolute Gasteiger partial charge is 0.462 e. The van der Waals surface area contributed by atoms with Gasteiger partial charge in [-0.25, -0.2) is 14.2 Å². The first-order valence-electron chi connectivity index (χ1n) is 9.21. The minimum Gasteiger partial charge on any atom is -0.462 e. The van der Waals surface area contributed by atoms with Crippen LogP contribution in [0.25, 0.3) is 0 Å². The molecule has 0 spiro atoms. The fourth-order valence-electron chi connectivity index (χ4n) is 2.81. The zero-order valence-corrected chi connectivity index (χ0v) is 17.0. The van der Waals surface area contributed by atoms with Crippen molar-refractivity contribution in [2.45, 2.75) is 26.8 Å². The van der Waals surface area contributed by atoms with Crippen LogP contribution in [0.1, 0.15) is 33.4 Å². The molecule has 0 bridgehead atoms. The second kappa shape index (κ2) is 9.43. The van der Waals surface area contributed by atoms with Gasteiger partial charge in [0.2, 0.25) is 5.91 Å². The lowest BCUT2D eigenvalue weighted by atomic mass is 10.1. The molecule has 1 heterocycles. The number of nitrogens with zero attached hydrogens (tertiary/aromatic N) is 2. The molecule has 2 aromatic carbocycles. The molecule has 3 rings (SSSR count). The molecule has 3 aromatic rings. The van der Waals surface area contributed by atoms with Crippen molar-refractivity contribution in [1.29, 1.82) is 0 Å². The summed E-state index contributed by atoms with van der Waals surface area (Å²) in [7, 11) is 0. The summed E-state index contributed by atoms with van der Waals surface area (Å²) >= 11 is 1.10. The van der Waals surface area contributed by atoms with Crippen molar-refractivity contribution in [1.82, 2.24) is 4.98 Å². The second-order valence-corrected chi connectivity index (χ2v) is 7.34. The molecule has 0 aliphatic rings. The van der Waals surface area contributed by atoms with Crippen molar-refractivity contribution in [3.8, 4) is 0 Å². The van der Waals surface area contributed by atoms with Crippen molar-refractivity contribution < 1.29 is 18.7 Å². The molecule has 150 valence electrons. The van der Waals surface area contributed by atoms with Crippen LogP contribution < -0.4 is 4.90 Å². The van der Waals surface area contributed by atoms with Crippen LogP contribution in [0.4, 0.5) is 9.52 Å². The number of carbonyl (C=O) groups is 2. The number of rotatable bonds is 7. The van der Waals surface area contributed by atoms with Gasteiger partial charge in [-0.05, 0) is 31.0 Å². The molecule has 0 atom stereocenters. The monoisotopic (exact) mass is 412 g/mol. The molecule has 7 heteroatoms. The van der Waals surface area contributed by atoms with E-state index in [2.05, 4.69) is 4.98 Å². The minimum atomic E-state index is -0.463. The van der Waals surface area contributed by atoms with Crippen LogP contribution in [0.15, 0.2) is 54.6 Å². The molecule has 0 aliphatic carbocycles. The number of aromatic nitrogens is 1. The first-order valence-corrected chi connectivity index (χ1v) is 10.0. The topological polar surface area (TPSA) is 59.5 Å². The Balaban J connectivity index is 1.93. The van der Waals surface area contributed by atoms with Gasteiger partial charge >= 0.3 is 5.97 Å².